The van der Waals surface area contributed by atoms with E-state index in [9.17, 15) is 22.0 Å². The Bertz CT molecular complexity index is 2480. The predicted molar refractivity (Wildman–Crippen MR) is 239 cm³/mol. The van der Waals surface area contributed by atoms with Crippen LogP contribution in [0.1, 0.15) is 66.6 Å². The Labute approximate surface area is 371 Å². The molecule has 1 N–H and O–H groups in total. The number of ether oxygens (including phenoxy) is 2. The maximum absolute atomic E-state index is 13.9. The van der Waals surface area contributed by atoms with Crippen LogP contribution in [0.15, 0.2) is 88.4 Å². The second-order valence-corrected chi connectivity index (χ2v) is 19.7. The molecule has 0 bridgehead atoms. The van der Waals surface area contributed by atoms with Gasteiger partial charge < -0.3 is 14.4 Å². The molecule has 0 spiro atoms. The van der Waals surface area contributed by atoms with E-state index < -0.39 is 41.4 Å². The van der Waals surface area contributed by atoms with Crippen molar-refractivity contribution in [1.82, 2.24) is 19.5 Å². The highest BCUT2D eigenvalue weighted by Gasteiger charge is 2.32. The number of anilines is 1. The minimum absolute atomic E-state index is 0.00930. The third-order valence-corrected chi connectivity index (χ3v) is 14.1. The monoisotopic (exact) mass is 906 g/mol. The molecule has 16 heteroatoms. The van der Waals surface area contributed by atoms with Crippen LogP contribution in [0.2, 0.25) is 10.0 Å². The number of aliphatic imine (C=N–C) groups is 1. The first kappa shape index (κ1) is 44.0. The number of benzene rings is 3. The van der Waals surface area contributed by atoms with Gasteiger partial charge >= 0.3 is 0 Å². The van der Waals surface area contributed by atoms with Crippen molar-refractivity contribution < 1.29 is 31.5 Å². The Kier molecular flexibility index (Phi) is 13.2. The Morgan fingerprint density at radius 2 is 1.76 bits per heavy atom. The van der Waals surface area contributed by atoms with Gasteiger partial charge in [-0.25, -0.2) is 26.9 Å². The molecule has 62 heavy (non-hydrogen) atoms. The number of sulfonamides is 1. The van der Waals surface area contributed by atoms with Crippen LogP contribution in [0.4, 0.5) is 14.5 Å². The van der Waals surface area contributed by atoms with Gasteiger partial charge in [0.1, 0.15) is 40.9 Å². The number of allylic oxidation sites excluding steroid dienone is 1. The van der Waals surface area contributed by atoms with E-state index >= 15 is 0 Å². The number of aromatic nitrogens is 1. The summed E-state index contributed by atoms with van der Waals surface area (Å²) in [6, 6.07) is 19.3. The molecular formula is C46H50Cl2F2N6O5S. The van der Waals surface area contributed by atoms with Crippen molar-refractivity contribution in [1.29, 1.82) is 0 Å². The summed E-state index contributed by atoms with van der Waals surface area (Å²) in [7, 11) is -4.48. The maximum Gasteiger partial charge on any atom is 0.268 e. The molecule has 2 saturated heterocycles. The van der Waals surface area contributed by atoms with Gasteiger partial charge in [0.05, 0.1) is 24.3 Å². The van der Waals surface area contributed by atoms with Crippen molar-refractivity contribution in [3.05, 3.63) is 111 Å². The SMILES string of the molecule is CC1(C)CCC(CN2CCN(c3ccc(C(=O)NS(=O)(=O)c4cnc(O[C@@H]5CCN(C(CF)CF)C5)c(Cl)c4)c(Oc4cccc5c4C=NC5)c3)CC2)=C(c2ccc(Cl)cc2)C1. The molecule has 0 saturated carbocycles. The van der Waals surface area contributed by atoms with Gasteiger partial charge in [0.2, 0.25) is 5.88 Å². The average Bonchev–Trinajstić information content (AvgIpc) is 3.94. The zero-order valence-electron chi connectivity index (χ0n) is 34.8. The van der Waals surface area contributed by atoms with E-state index in [1.165, 1.54) is 16.7 Å². The summed E-state index contributed by atoms with van der Waals surface area (Å²) in [6.07, 6.45) is 6.04. The van der Waals surface area contributed by atoms with Crippen molar-refractivity contribution in [3.63, 3.8) is 0 Å². The molecule has 1 atom stereocenters. The van der Waals surface area contributed by atoms with E-state index in [0.717, 1.165) is 86.1 Å². The molecule has 4 aromatic rings. The van der Waals surface area contributed by atoms with Crippen LogP contribution in [0, 0.1) is 5.41 Å². The lowest BCUT2D eigenvalue weighted by Gasteiger charge is -2.39. The summed E-state index contributed by atoms with van der Waals surface area (Å²) >= 11 is 12.7. The number of pyridine rings is 1. The molecule has 3 aromatic carbocycles. The highest BCUT2D eigenvalue weighted by atomic mass is 35.5. The zero-order chi connectivity index (χ0) is 43.6. The maximum atomic E-state index is 13.9. The van der Waals surface area contributed by atoms with Gasteiger partial charge in [-0.15, -0.1) is 0 Å². The lowest BCUT2D eigenvalue weighted by atomic mass is 9.72. The minimum atomic E-state index is -4.48. The first-order valence-electron chi connectivity index (χ1n) is 20.9. The molecule has 0 radical (unpaired) electrons. The van der Waals surface area contributed by atoms with Crippen molar-refractivity contribution in [2.45, 2.75) is 63.1 Å². The molecule has 0 unspecified atom stereocenters. The Hall–Kier alpha value is -4.60. The van der Waals surface area contributed by atoms with Crippen LogP contribution in [-0.2, 0) is 16.6 Å². The first-order chi connectivity index (χ1) is 29.8. The average molecular weight is 908 g/mol. The van der Waals surface area contributed by atoms with Gasteiger partial charge in [-0.05, 0) is 84.2 Å². The molecule has 328 valence electrons. The smallest absolute Gasteiger partial charge is 0.268 e. The fourth-order valence-corrected chi connectivity index (χ4v) is 9.99. The van der Waals surface area contributed by atoms with E-state index in [0.29, 0.717) is 25.3 Å². The number of hydrogen-bond acceptors (Lipinski definition) is 10. The second kappa shape index (κ2) is 18.6. The number of piperazine rings is 1. The van der Waals surface area contributed by atoms with Crippen LogP contribution < -0.4 is 19.1 Å². The summed E-state index contributed by atoms with van der Waals surface area (Å²) in [4.78, 5) is 28.5. The molecule has 4 aliphatic rings. The molecule has 1 aliphatic carbocycles. The molecule has 8 rings (SSSR count). The Balaban J connectivity index is 0.982. The number of carbonyl (C=O) groups excluding carboxylic acids is 1. The largest absolute Gasteiger partial charge is 0.472 e. The van der Waals surface area contributed by atoms with Gasteiger partial charge in [0, 0.05) is 74.4 Å². The summed E-state index contributed by atoms with van der Waals surface area (Å²) < 4.78 is 68.2. The first-order valence-corrected chi connectivity index (χ1v) is 23.2. The number of carbonyl (C=O) groups is 1. The number of rotatable bonds is 14. The molecule has 2 fully saturated rings. The number of fused-ring (bicyclic) bond motifs is 1. The molecule has 3 aliphatic heterocycles. The van der Waals surface area contributed by atoms with Gasteiger partial charge in [0.15, 0.2) is 0 Å². The van der Waals surface area contributed by atoms with Crippen LogP contribution in [0.3, 0.4) is 0 Å². The summed E-state index contributed by atoms with van der Waals surface area (Å²) in [5.74, 6) is -0.257. The standard InChI is InChI=1S/C46H50Cl2F2N6O5S/c1-46(2)14-12-32(39(22-46)30-6-8-33(47)9-7-30)28-54-16-18-55(19-17-54)34-10-11-38(43(20-34)61-42-5-3-4-31-25-51-27-40(31)42)44(57)53-62(58,59)37-21-41(48)45(52-26-37)60-36-13-15-56(29-36)35(23-49)24-50/h3-11,20-21,26-27,35-36H,12-19,22-25,28-29H2,1-2H3,(H,53,57)/t36-/m1/s1. The van der Waals surface area contributed by atoms with E-state index in [4.69, 9.17) is 32.7 Å². The third-order valence-electron chi connectivity index (χ3n) is 12.2. The number of hydrogen-bond donors (Lipinski definition) is 1. The Morgan fingerprint density at radius 3 is 2.50 bits per heavy atom. The third kappa shape index (κ3) is 9.94. The number of alkyl halides is 2. The van der Waals surface area contributed by atoms with E-state index in [1.54, 1.807) is 29.3 Å². The van der Waals surface area contributed by atoms with Crippen LogP contribution in [0.25, 0.3) is 5.57 Å². The Morgan fingerprint density at radius 1 is 0.984 bits per heavy atom. The molecular weight excluding hydrogens is 858 g/mol. The topological polar surface area (TPSA) is 117 Å². The van der Waals surface area contributed by atoms with Crippen LogP contribution in [0.5, 0.6) is 17.4 Å². The molecule has 11 nitrogen and oxygen atoms in total. The summed E-state index contributed by atoms with van der Waals surface area (Å²) in [5, 5.41) is 0.634. The van der Waals surface area contributed by atoms with E-state index in [1.807, 2.05) is 30.3 Å². The van der Waals surface area contributed by atoms with E-state index in [2.05, 4.69) is 50.5 Å². The van der Waals surface area contributed by atoms with Gasteiger partial charge in [-0.1, -0.05) is 66.9 Å². The number of halogens is 4. The van der Waals surface area contributed by atoms with Crippen LogP contribution >= 0.6 is 23.2 Å². The molecule has 1 aromatic heterocycles. The fourth-order valence-electron chi connectivity index (χ4n) is 8.65. The van der Waals surface area contributed by atoms with Crippen molar-refractivity contribution in [2.75, 3.05) is 64.1 Å². The van der Waals surface area contributed by atoms with Crippen molar-refractivity contribution in [3.8, 4) is 17.4 Å². The predicted octanol–water partition coefficient (Wildman–Crippen LogP) is 8.78. The number of nitrogens with one attached hydrogen (secondary N) is 1. The van der Waals surface area contributed by atoms with E-state index in [-0.39, 0.29) is 39.1 Å². The van der Waals surface area contributed by atoms with Gasteiger partial charge in [-0.3, -0.25) is 19.6 Å². The highest BCUT2D eigenvalue weighted by molar-refractivity contribution is 7.90. The lowest BCUT2D eigenvalue weighted by Crippen LogP contribution is -2.47. The van der Waals surface area contributed by atoms with Gasteiger partial charge in [0.25, 0.3) is 15.9 Å². The fraction of sp³-hybridized carbons (Fsp3) is 0.413. The van der Waals surface area contributed by atoms with Crippen LogP contribution in [-0.4, -0.2) is 107 Å². The minimum Gasteiger partial charge on any atom is -0.472 e. The quantitative estimate of drug-likeness (QED) is 0.133. The summed E-state index contributed by atoms with van der Waals surface area (Å²) in [5.41, 5.74) is 6.97. The number of amides is 1. The zero-order valence-corrected chi connectivity index (χ0v) is 37.1. The molecule has 4 heterocycles. The number of nitrogens with zero attached hydrogens (tertiary/aromatic N) is 5. The van der Waals surface area contributed by atoms with Gasteiger partial charge in [-0.2, -0.15) is 0 Å². The second-order valence-electron chi connectivity index (χ2n) is 17.2. The van der Waals surface area contributed by atoms with Crippen molar-refractivity contribution >= 4 is 56.6 Å². The summed E-state index contributed by atoms with van der Waals surface area (Å²) in [6.45, 7) is 8.30. The highest BCUT2D eigenvalue weighted by Crippen LogP contribution is 2.43. The van der Waals surface area contributed by atoms with Crippen molar-refractivity contribution in [2.24, 2.45) is 10.4 Å². The number of likely N-dealkylation sites (tertiary alicyclic amines) is 1. The normalized spacial score (nSPS) is 19.3. The molecule has 1 amide bonds. The lowest BCUT2D eigenvalue weighted by molar-refractivity contribution is 0.0979.